The lowest BCUT2D eigenvalue weighted by molar-refractivity contribution is 0.810. The Bertz CT molecular complexity index is 818. The van der Waals surface area contributed by atoms with E-state index < -0.39 is 11.1 Å². The Labute approximate surface area is 117 Å². The van der Waals surface area contributed by atoms with Gasteiger partial charge in [-0.25, -0.2) is 0 Å². The number of hydrogen-bond acceptors (Lipinski definition) is 5. The second-order valence-corrected chi connectivity index (χ2v) is 5.42. The molecule has 0 radical (unpaired) electrons. The van der Waals surface area contributed by atoms with Crippen LogP contribution in [0, 0.1) is 11.3 Å². The topological polar surface area (TPSA) is 102 Å². The Kier molecular flexibility index (Phi) is 3.08. The molecule has 2 heterocycles. The molecule has 0 aliphatic carbocycles. The highest BCUT2D eigenvalue weighted by Gasteiger charge is 2.21. The quantitative estimate of drug-likeness (QED) is 0.684. The molecule has 1 unspecified atom stereocenters. The molecule has 3 rings (SSSR count). The average molecular weight is 286 g/mol. The van der Waals surface area contributed by atoms with E-state index in [9.17, 15) is 9.59 Å². The van der Waals surface area contributed by atoms with Crippen molar-refractivity contribution in [3.63, 3.8) is 0 Å². The van der Waals surface area contributed by atoms with Crippen molar-refractivity contribution >= 4 is 17.4 Å². The Morgan fingerprint density at radius 1 is 1.30 bits per heavy atom. The number of anilines is 1. The third-order valence-corrected chi connectivity index (χ3v) is 4.19. The van der Waals surface area contributed by atoms with Gasteiger partial charge in [0, 0.05) is 22.5 Å². The minimum atomic E-state index is -0.656. The largest absolute Gasteiger partial charge is 0.375 e. The zero-order chi connectivity index (χ0) is 14.1. The molecule has 0 amide bonds. The minimum Gasteiger partial charge on any atom is -0.375 e. The third kappa shape index (κ3) is 2.21. The van der Waals surface area contributed by atoms with Gasteiger partial charge in [0.2, 0.25) is 0 Å². The van der Waals surface area contributed by atoms with E-state index in [1.807, 2.05) is 12.1 Å². The number of nitrogens with one attached hydrogen (secondary N) is 3. The van der Waals surface area contributed by atoms with Gasteiger partial charge in [0.25, 0.3) is 0 Å². The van der Waals surface area contributed by atoms with Gasteiger partial charge in [0.15, 0.2) is 0 Å². The Hall–Kier alpha value is -2.46. The molecule has 0 saturated heterocycles. The fourth-order valence-corrected chi connectivity index (χ4v) is 3.12. The first-order valence-electron chi connectivity index (χ1n) is 5.93. The number of nitriles is 1. The molecule has 1 aliphatic rings. The van der Waals surface area contributed by atoms with E-state index in [0.29, 0.717) is 17.0 Å². The first-order chi connectivity index (χ1) is 9.67. The van der Waals surface area contributed by atoms with Gasteiger partial charge in [-0.2, -0.15) is 5.26 Å². The molecule has 1 aromatic heterocycles. The van der Waals surface area contributed by atoms with Crippen molar-refractivity contribution in [1.82, 2.24) is 9.97 Å². The monoisotopic (exact) mass is 286 g/mol. The summed E-state index contributed by atoms with van der Waals surface area (Å²) in [6.07, 6.45) is 1.51. The standard InChI is InChI=1S/C13H10N4O2S/c14-4-7-1-2-8-11(3-7)20-6-10(16-8)9-5-15-12(18)13(19)17-9/h1-3,5,10,16H,6H2,(H,15,18)(H,17,19). The summed E-state index contributed by atoms with van der Waals surface area (Å²) >= 11 is 1.60. The number of rotatable bonds is 1. The van der Waals surface area contributed by atoms with Crippen LogP contribution in [0.1, 0.15) is 17.3 Å². The van der Waals surface area contributed by atoms with Crippen molar-refractivity contribution in [3.8, 4) is 6.07 Å². The molecular weight excluding hydrogens is 276 g/mol. The van der Waals surface area contributed by atoms with E-state index in [4.69, 9.17) is 5.26 Å². The molecule has 0 fully saturated rings. The van der Waals surface area contributed by atoms with Crippen LogP contribution in [0.5, 0.6) is 0 Å². The van der Waals surface area contributed by atoms with Gasteiger partial charge in [-0.05, 0) is 18.2 Å². The summed E-state index contributed by atoms with van der Waals surface area (Å²) in [5.41, 5.74) is 0.861. The molecule has 0 bridgehead atoms. The van der Waals surface area contributed by atoms with Crippen LogP contribution in [0.2, 0.25) is 0 Å². The second kappa shape index (κ2) is 4.90. The van der Waals surface area contributed by atoms with E-state index in [-0.39, 0.29) is 6.04 Å². The van der Waals surface area contributed by atoms with E-state index in [0.717, 1.165) is 10.6 Å². The average Bonchev–Trinajstić information content (AvgIpc) is 2.49. The summed E-state index contributed by atoms with van der Waals surface area (Å²) in [5.74, 6) is 0.698. The van der Waals surface area contributed by atoms with Gasteiger partial charge in [-0.3, -0.25) is 9.59 Å². The third-order valence-electron chi connectivity index (χ3n) is 3.04. The lowest BCUT2D eigenvalue weighted by Gasteiger charge is -2.26. The summed E-state index contributed by atoms with van der Waals surface area (Å²) in [7, 11) is 0. The highest BCUT2D eigenvalue weighted by atomic mass is 32.2. The summed E-state index contributed by atoms with van der Waals surface area (Å²) in [6, 6.07) is 7.43. The first kappa shape index (κ1) is 12.6. The fourth-order valence-electron chi connectivity index (χ4n) is 2.02. The van der Waals surface area contributed by atoms with Gasteiger partial charge < -0.3 is 15.3 Å². The van der Waals surface area contributed by atoms with Crippen LogP contribution in [0.15, 0.2) is 38.9 Å². The molecule has 1 aliphatic heterocycles. The molecule has 7 heteroatoms. The number of hydrogen-bond donors (Lipinski definition) is 3. The maximum atomic E-state index is 11.3. The molecule has 3 N–H and O–H groups in total. The van der Waals surface area contributed by atoms with Gasteiger partial charge >= 0.3 is 11.1 Å². The Morgan fingerprint density at radius 3 is 2.90 bits per heavy atom. The molecular formula is C13H10N4O2S. The van der Waals surface area contributed by atoms with Crippen LogP contribution in [-0.2, 0) is 0 Å². The van der Waals surface area contributed by atoms with E-state index in [1.165, 1.54) is 6.20 Å². The van der Waals surface area contributed by atoms with E-state index in [2.05, 4.69) is 21.4 Å². The second-order valence-electron chi connectivity index (χ2n) is 4.36. The SMILES string of the molecule is N#Cc1ccc2c(c1)SCC(c1c[nH]c(=O)c(=O)[nH]1)N2. The maximum absolute atomic E-state index is 11.3. The molecule has 20 heavy (non-hydrogen) atoms. The molecule has 0 spiro atoms. The minimum absolute atomic E-state index is 0.0926. The Morgan fingerprint density at radius 2 is 2.15 bits per heavy atom. The fraction of sp³-hybridized carbons (Fsp3) is 0.154. The van der Waals surface area contributed by atoms with Crippen LogP contribution in [0.3, 0.4) is 0 Å². The van der Waals surface area contributed by atoms with Gasteiger partial charge in [-0.15, -0.1) is 11.8 Å². The van der Waals surface area contributed by atoms with Crippen molar-refractivity contribution in [2.75, 3.05) is 11.1 Å². The molecule has 2 aromatic rings. The summed E-state index contributed by atoms with van der Waals surface area (Å²) in [4.78, 5) is 28.4. The zero-order valence-corrected chi connectivity index (χ0v) is 11.1. The molecule has 1 aromatic carbocycles. The number of nitrogens with zero attached hydrogens (tertiary/aromatic N) is 1. The van der Waals surface area contributed by atoms with Crippen molar-refractivity contribution in [3.05, 3.63) is 56.4 Å². The van der Waals surface area contributed by atoms with Crippen LogP contribution in [0.25, 0.3) is 0 Å². The number of fused-ring (bicyclic) bond motifs is 1. The highest BCUT2D eigenvalue weighted by molar-refractivity contribution is 7.99. The van der Waals surface area contributed by atoms with Crippen LogP contribution in [-0.4, -0.2) is 15.7 Å². The van der Waals surface area contributed by atoms with Crippen molar-refractivity contribution in [2.24, 2.45) is 0 Å². The maximum Gasteiger partial charge on any atom is 0.313 e. The van der Waals surface area contributed by atoms with Crippen molar-refractivity contribution in [2.45, 2.75) is 10.9 Å². The number of benzene rings is 1. The zero-order valence-electron chi connectivity index (χ0n) is 10.3. The van der Waals surface area contributed by atoms with Crippen molar-refractivity contribution < 1.29 is 0 Å². The number of aromatic nitrogens is 2. The van der Waals surface area contributed by atoms with Crippen molar-refractivity contribution in [1.29, 1.82) is 5.26 Å². The lowest BCUT2D eigenvalue weighted by Crippen LogP contribution is -2.32. The van der Waals surface area contributed by atoms with E-state index >= 15 is 0 Å². The molecule has 0 saturated carbocycles. The van der Waals surface area contributed by atoms with Gasteiger partial charge in [0.05, 0.1) is 23.4 Å². The lowest BCUT2D eigenvalue weighted by atomic mass is 10.2. The first-order valence-corrected chi connectivity index (χ1v) is 6.91. The van der Waals surface area contributed by atoms with Gasteiger partial charge in [-0.1, -0.05) is 0 Å². The summed E-state index contributed by atoms with van der Waals surface area (Å²) in [6.45, 7) is 0. The highest BCUT2D eigenvalue weighted by Crippen LogP contribution is 2.37. The predicted octanol–water partition coefficient (Wildman–Crippen LogP) is 1.19. The number of thioether (sulfide) groups is 1. The predicted molar refractivity (Wildman–Crippen MR) is 75.9 cm³/mol. The number of H-pyrrole nitrogens is 2. The summed E-state index contributed by atoms with van der Waals surface area (Å²) < 4.78 is 0. The molecule has 1 atom stereocenters. The smallest absolute Gasteiger partial charge is 0.313 e. The molecule has 6 nitrogen and oxygen atoms in total. The Balaban J connectivity index is 1.92. The van der Waals surface area contributed by atoms with Crippen LogP contribution < -0.4 is 16.4 Å². The van der Waals surface area contributed by atoms with E-state index in [1.54, 1.807) is 17.8 Å². The van der Waals surface area contributed by atoms with Gasteiger partial charge in [0.1, 0.15) is 0 Å². The normalized spacial score (nSPS) is 16.9. The van der Waals surface area contributed by atoms with Crippen LogP contribution >= 0.6 is 11.8 Å². The number of aromatic amines is 2. The molecule has 100 valence electrons. The van der Waals surface area contributed by atoms with Crippen LogP contribution in [0.4, 0.5) is 5.69 Å². The summed E-state index contributed by atoms with van der Waals surface area (Å²) in [5, 5.41) is 12.2.